The summed E-state index contributed by atoms with van der Waals surface area (Å²) in [5.41, 5.74) is 4.66. The fourth-order valence-corrected chi connectivity index (χ4v) is 0.419. The first-order valence-corrected chi connectivity index (χ1v) is 2.23. The molecule has 0 aliphatic heterocycles. The number of rotatable bonds is 0. The number of nitrogens with zero attached hydrogens (tertiary/aromatic N) is 2. The summed E-state index contributed by atoms with van der Waals surface area (Å²) in [5.74, 6) is 0. The van der Waals surface area contributed by atoms with Crippen molar-refractivity contribution in [2.24, 2.45) is 0 Å². The molecule has 5 nitrogen and oxygen atoms in total. The van der Waals surface area contributed by atoms with E-state index in [-0.39, 0.29) is 5.69 Å². The average molecular weight is 127 g/mol. The van der Waals surface area contributed by atoms with Gasteiger partial charge in [-0.05, 0) is 0 Å². The van der Waals surface area contributed by atoms with Gasteiger partial charge in [0.25, 0.3) is 0 Å². The van der Waals surface area contributed by atoms with E-state index in [0.29, 0.717) is 4.73 Å². The Hall–Kier alpha value is -1.52. The van der Waals surface area contributed by atoms with Crippen molar-refractivity contribution in [2.75, 3.05) is 5.73 Å². The topological polar surface area (TPSA) is 81.1 Å². The Kier molecular flexibility index (Phi) is 1.11. The zero-order valence-electron chi connectivity index (χ0n) is 4.48. The Morgan fingerprint density at radius 1 is 1.78 bits per heavy atom. The molecule has 0 spiro atoms. The van der Waals surface area contributed by atoms with Gasteiger partial charge in [0.15, 0.2) is 0 Å². The third-order valence-electron chi connectivity index (χ3n) is 0.791. The third-order valence-corrected chi connectivity index (χ3v) is 0.791. The van der Waals surface area contributed by atoms with E-state index < -0.39 is 5.69 Å². The van der Waals surface area contributed by atoms with Crippen LogP contribution in [-0.2, 0) is 0 Å². The van der Waals surface area contributed by atoms with Crippen LogP contribution < -0.4 is 11.4 Å². The quantitative estimate of drug-likeness (QED) is 0.441. The maximum atomic E-state index is 10.3. The van der Waals surface area contributed by atoms with Crippen LogP contribution >= 0.6 is 0 Å². The monoisotopic (exact) mass is 127 g/mol. The maximum Gasteiger partial charge on any atom is 0.380 e. The first-order valence-electron chi connectivity index (χ1n) is 2.23. The van der Waals surface area contributed by atoms with Gasteiger partial charge in [-0.3, -0.25) is 0 Å². The minimum absolute atomic E-state index is 0.247. The van der Waals surface area contributed by atoms with E-state index in [0.717, 1.165) is 6.20 Å². The first kappa shape index (κ1) is 5.61. The number of hydrogen-bond acceptors (Lipinski definition) is 4. The van der Waals surface area contributed by atoms with Crippen LogP contribution in [0.1, 0.15) is 0 Å². The maximum absolute atomic E-state index is 10.3. The molecule has 0 unspecified atom stereocenters. The van der Waals surface area contributed by atoms with Crippen LogP contribution in [0, 0.1) is 0 Å². The molecule has 0 saturated heterocycles. The zero-order chi connectivity index (χ0) is 6.85. The molecule has 48 valence electrons. The van der Waals surface area contributed by atoms with Gasteiger partial charge < -0.3 is 10.9 Å². The molecule has 0 fully saturated rings. The van der Waals surface area contributed by atoms with Crippen molar-refractivity contribution in [1.29, 1.82) is 0 Å². The third kappa shape index (κ3) is 0.987. The Labute approximate surface area is 50.3 Å². The van der Waals surface area contributed by atoms with Gasteiger partial charge in [-0.1, -0.05) is 0 Å². The van der Waals surface area contributed by atoms with E-state index in [9.17, 15) is 4.79 Å². The summed E-state index contributed by atoms with van der Waals surface area (Å²) in [5, 5.41) is 8.56. The van der Waals surface area contributed by atoms with Crippen LogP contribution in [0.3, 0.4) is 0 Å². The Morgan fingerprint density at radius 2 is 2.44 bits per heavy atom. The van der Waals surface area contributed by atoms with Crippen molar-refractivity contribution < 1.29 is 5.21 Å². The Morgan fingerprint density at radius 3 is 2.89 bits per heavy atom. The summed E-state index contributed by atoms with van der Waals surface area (Å²) in [4.78, 5) is 13.5. The molecular formula is C4H5N3O2. The predicted octanol–water partition coefficient (Wildman–Crippen LogP) is -0.937. The lowest BCUT2D eigenvalue weighted by Crippen LogP contribution is -2.19. The molecular weight excluding hydrogens is 122 g/mol. The molecule has 0 amide bonds. The van der Waals surface area contributed by atoms with Gasteiger partial charge in [0.1, 0.15) is 0 Å². The lowest BCUT2D eigenvalue weighted by atomic mass is 10.6. The highest BCUT2D eigenvalue weighted by molar-refractivity contribution is 5.29. The minimum Gasteiger partial charge on any atom is -0.424 e. The van der Waals surface area contributed by atoms with E-state index in [1.807, 2.05) is 0 Å². The molecule has 3 N–H and O–H groups in total. The number of nitrogen functional groups attached to an aromatic ring is 1. The van der Waals surface area contributed by atoms with Gasteiger partial charge in [0, 0.05) is 0 Å². The molecule has 0 aromatic carbocycles. The summed E-state index contributed by atoms with van der Waals surface area (Å²) >= 11 is 0. The molecule has 0 atom stereocenters. The molecule has 9 heavy (non-hydrogen) atoms. The van der Waals surface area contributed by atoms with Gasteiger partial charge >= 0.3 is 5.69 Å². The molecule has 5 heteroatoms. The number of nitrogens with two attached hydrogens (primary N) is 1. The van der Waals surface area contributed by atoms with Crippen LogP contribution in [0.25, 0.3) is 0 Å². The summed E-state index contributed by atoms with van der Waals surface area (Å²) in [6.07, 6.45) is 2.25. The van der Waals surface area contributed by atoms with E-state index in [1.54, 1.807) is 0 Å². The molecule has 0 radical (unpaired) electrons. The van der Waals surface area contributed by atoms with Crippen LogP contribution in [-0.4, -0.2) is 14.9 Å². The molecule has 1 aromatic rings. The summed E-state index contributed by atoms with van der Waals surface area (Å²) in [6, 6.07) is 0. The first-order chi connectivity index (χ1) is 4.20. The highest BCUT2D eigenvalue weighted by Gasteiger charge is 1.90. The van der Waals surface area contributed by atoms with Crippen LogP contribution in [0.2, 0.25) is 0 Å². The molecule has 0 aliphatic carbocycles. The van der Waals surface area contributed by atoms with Crippen LogP contribution in [0.15, 0.2) is 17.2 Å². The van der Waals surface area contributed by atoms with Gasteiger partial charge in [-0.25, -0.2) is 4.79 Å². The van der Waals surface area contributed by atoms with Gasteiger partial charge in [0.2, 0.25) is 0 Å². The second-order valence-electron chi connectivity index (χ2n) is 1.51. The minimum atomic E-state index is -0.732. The fraction of sp³-hybridized carbons (Fsp3) is 0. The van der Waals surface area contributed by atoms with Crippen molar-refractivity contribution in [2.45, 2.75) is 0 Å². The lowest BCUT2D eigenvalue weighted by Gasteiger charge is -1.92. The largest absolute Gasteiger partial charge is 0.424 e. The highest BCUT2D eigenvalue weighted by atomic mass is 16.5. The van der Waals surface area contributed by atoms with E-state index in [1.165, 1.54) is 6.20 Å². The van der Waals surface area contributed by atoms with Crippen molar-refractivity contribution in [3.63, 3.8) is 0 Å². The molecule has 1 aromatic heterocycles. The zero-order valence-corrected chi connectivity index (χ0v) is 4.48. The lowest BCUT2D eigenvalue weighted by molar-refractivity contribution is 0.170. The summed E-state index contributed by atoms with van der Waals surface area (Å²) < 4.78 is 0.329. The van der Waals surface area contributed by atoms with Crippen molar-refractivity contribution in [1.82, 2.24) is 9.71 Å². The van der Waals surface area contributed by atoms with E-state index >= 15 is 0 Å². The SMILES string of the molecule is Nc1cnc(=O)n(O)c1. The highest BCUT2D eigenvalue weighted by Crippen LogP contribution is 1.88. The number of anilines is 1. The number of aromatic nitrogens is 2. The smallest absolute Gasteiger partial charge is 0.380 e. The van der Waals surface area contributed by atoms with E-state index in [4.69, 9.17) is 10.9 Å². The average Bonchev–Trinajstić information content (AvgIpc) is 1.80. The summed E-state index contributed by atoms with van der Waals surface area (Å²) in [6.45, 7) is 0. The standard InChI is InChI=1S/C4H5N3O2/c5-3-1-6-4(8)7(9)2-3/h1-2,9H,5H2. The normalized spacial score (nSPS) is 9.33. The van der Waals surface area contributed by atoms with Crippen molar-refractivity contribution in [3.05, 3.63) is 22.9 Å². The van der Waals surface area contributed by atoms with Crippen molar-refractivity contribution >= 4 is 5.69 Å². The molecule has 0 aliphatic rings. The van der Waals surface area contributed by atoms with Crippen molar-refractivity contribution in [3.8, 4) is 0 Å². The molecule has 1 rings (SSSR count). The molecule has 0 bridgehead atoms. The molecule has 1 heterocycles. The molecule has 0 saturated carbocycles. The second kappa shape index (κ2) is 1.77. The second-order valence-corrected chi connectivity index (χ2v) is 1.51. The Bertz CT molecular complexity index is 267. The van der Waals surface area contributed by atoms with Crippen LogP contribution in [0.5, 0.6) is 0 Å². The van der Waals surface area contributed by atoms with E-state index in [2.05, 4.69) is 4.98 Å². The Balaban J connectivity index is 3.34. The van der Waals surface area contributed by atoms with Gasteiger partial charge in [-0.15, -0.1) is 4.73 Å². The fourth-order valence-electron chi connectivity index (χ4n) is 0.419. The van der Waals surface area contributed by atoms with Gasteiger partial charge in [-0.2, -0.15) is 4.98 Å². The van der Waals surface area contributed by atoms with Crippen LogP contribution in [0.4, 0.5) is 5.69 Å². The predicted molar refractivity (Wildman–Crippen MR) is 30.1 cm³/mol. The number of hydrogen-bond donors (Lipinski definition) is 2. The van der Waals surface area contributed by atoms with Gasteiger partial charge in [0.05, 0.1) is 18.1 Å². The summed E-state index contributed by atoms with van der Waals surface area (Å²) in [7, 11) is 0.